The van der Waals surface area contributed by atoms with Gasteiger partial charge < -0.3 is 10.4 Å². The Balaban J connectivity index is 2.06. The van der Waals surface area contributed by atoms with Crippen LogP contribution in [0, 0.1) is 17.2 Å². The number of nitrogens with zero attached hydrogens (tertiary/aromatic N) is 2. The van der Waals surface area contributed by atoms with Crippen molar-refractivity contribution in [2.45, 2.75) is 65.0 Å². The van der Waals surface area contributed by atoms with Crippen LogP contribution >= 0.6 is 0 Å². The Kier molecular flexibility index (Phi) is 5.55. The second kappa shape index (κ2) is 7.84. The molecular weight excluding hydrogens is 310 g/mol. The fourth-order valence-electron chi connectivity index (χ4n) is 4.02. The Morgan fingerprint density at radius 1 is 1.28 bits per heavy atom. The van der Waals surface area contributed by atoms with Crippen molar-refractivity contribution < 1.29 is 5.11 Å². The van der Waals surface area contributed by atoms with Gasteiger partial charge in [0.1, 0.15) is 0 Å². The molecule has 0 aliphatic heterocycles. The fourth-order valence-corrected chi connectivity index (χ4v) is 4.02. The predicted octanol–water partition coefficient (Wildman–Crippen LogP) is 4.54. The highest BCUT2D eigenvalue weighted by Crippen LogP contribution is 2.33. The molecule has 1 aromatic carbocycles. The van der Waals surface area contributed by atoms with Crippen LogP contribution in [-0.2, 0) is 13.0 Å². The SMILES string of the molecule is CCc1cc(C#N)cc2c(N[C@H](C)C3CCCCC3)c(CO)cnc12. The summed E-state index contributed by atoms with van der Waals surface area (Å²) in [5.41, 5.74) is 4.39. The van der Waals surface area contributed by atoms with Gasteiger partial charge in [-0.25, -0.2) is 0 Å². The van der Waals surface area contributed by atoms with Crippen molar-refractivity contribution in [2.24, 2.45) is 5.92 Å². The molecule has 0 unspecified atom stereocenters. The molecule has 1 aliphatic rings. The number of nitrogens with one attached hydrogen (secondary N) is 1. The van der Waals surface area contributed by atoms with Gasteiger partial charge in [-0.3, -0.25) is 4.98 Å². The number of anilines is 1. The van der Waals surface area contributed by atoms with Crippen LogP contribution in [-0.4, -0.2) is 16.1 Å². The van der Waals surface area contributed by atoms with Crippen molar-refractivity contribution in [3.05, 3.63) is 35.0 Å². The van der Waals surface area contributed by atoms with Gasteiger partial charge in [0.25, 0.3) is 0 Å². The zero-order chi connectivity index (χ0) is 17.8. The van der Waals surface area contributed by atoms with E-state index in [1.54, 1.807) is 6.20 Å². The van der Waals surface area contributed by atoms with Crippen molar-refractivity contribution in [2.75, 3.05) is 5.32 Å². The molecule has 4 nitrogen and oxygen atoms in total. The fraction of sp³-hybridized carbons (Fsp3) is 0.524. The number of hydrogen-bond acceptors (Lipinski definition) is 4. The molecule has 1 saturated carbocycles. The number of nitriles is 1. The number of aryl methyl sites for hydroxylation is 1. The molecular formula is C21H27N3O. The molecule has 0 bridgehead atoms. The lowest BCUT2D eigenvalue weighted by molar-refractivity contribution is 0.281. The lowest BCUT2D eigenvalue weighted by atomic mass is 9.84. The maximum atomic E-state index is 9.81. The maximum Gasteiger partial charge on any atom is 0.0991 e. The molecule has 0 radical (unpaired) electrons. The van der Waals surface area contributed by atoms with Gasteiger partial charge >= 0.3 is 0 Å². The third-order valence-electron chi connectivity index (χ3n) is 5.54. The molecule has 4 heteroatoms. The lowest BCUT2D eigenvalue weighted by Gasteiger charge is -2.30. The van der Waals surface area contributed by atoms with Crippen LogP contribution in [0.5, 0.6) is 0 Å². The Morgan fingerprint density at radius 3 is 2.68 bits per heavy atom. The smallest absolute Gasteiger partial charge is 0.0991 e. The van der Waals surface area contributed by atoms with Crippen LogP contribution in [0.15, 0.2) is 18.3 Å². The normalized spacial score (nSPS) is 16.6. The van der Waals surface area contributed by atoms with E-state index in [1.165, 1.54) is 32.1 Å². The van der Waals surface area contributed by atoms with Gasteiger partial charge in [-0.1, -0.05) is 26.2 Å². The van der Waals surface area contributed by atoms with Crippen LogP contribution < -0.4 is 5.32 Å². The third-order valence-corrected chi connectivity index (χ3v) is 5.54. The summed E-state index contributed by atoms with van der Waals surface area (Å²) in [7, 11) is 0. The summed E-state index contributed by atoms with van der Waals surface area (Å²) in [4.78, 5) is 4.57. The highest BCUT2D eigenvalue weighted by molar-refractivity contribution is 5.95. The molecule has 2 aromatic rings. The summed E-state index contributed by atoms with van der Waals surface area (Å²) in [6.07, 6.45) is 9.07. The number of aliphatic hydroxyl groups excluding tert-OH is 1. The number of pyridine rings is 1. The number of aromatic nitrogens is 1. The molecule has 0 saturated heterocycles. The van der Waals surface area contributed by atoms with E-state index < -0.39 is 0 Å². The molecule has 3 rings (SSSR count). The van der Waals surface area contributed by atoms with Crippen LogP contribution in [0.3, 0.4) is 0 Å². The molecule has 1 fully saturated rings. The Morgan fingerprint density at radius 2 is 2.04 bits per heavy atom. The van der Waals surface area contributed by atoms with E-state index in [1.807, 2.05) is 12.1 Å². The predicted molar refractivity (Wildman–Crippen MR) is 101 cm³/mol. The summed E-state index contributed by atoms with van der Waals surface area (Å²) in [5.74, 6) is 0.660. The van der Waals surface area contributed by atoms with Crippen LogP contribution in [0.4, 0.5) is 5.69 Å². The van der Waals surface area contributed by atoms with Crippen molar-refractivity contribution in [1.29, 1.82) is 5.26 Å². The van der Waals surface area contributed by atoms with Crippen LogP contribution in [0.2, 0.25) is 0 Å². The highest BCUT2D eigenvalue weighted by atomic mass is 16.3. The molecule has 2 N–H and O–H groups in total. The van der Waals surface area contributed by atoms with E-state index in [2.05, 4.69) is 30.2 Å². The van der Waals surface area contributed by atoms with E-state index in [-0.39, 0.29) is 6.61 Å². The molecule has 0 amide bonds. The van der Waals surface area contributed by atoms with Crippen molar-refractivity contribution in [1.82, 2.24) is 4.98 Å². The third kappa shape index (κ3) is 3.62. The first kappa shape index (κ1) is 17.7. The molecule has 1 heterocycles. The average Bonchev–Trinajstić information content (AvgIpc) is 2.67. The summed E-state index contributed by atoms with van der Waals surface area (Å²) < 4.78 is 0. The minimum atomic E-state index is -0.0547. The standard InChI is InChI=1S/C21H27N3O/c1-3-16-9-15(11-22)10-19-20(16)23-12-18(13-25)21(19)24-14(2)17-7-5-4-6-8-17/h9-10,12,14,17,25H,3-8,13H2,1-2H3,(H,23,24)/t14-/m1/s1. The molecule has 0 spiro atoms. The first-order chi connectivity index (χ1) is 12.2. The number of fused-ring (bicyclic) bond motifs is 1. The van der Waals surface area contributed by atoms with Gasteiger partial charge in [0, 0.05) is 23.2 Å². The summed E-state index contributed by atoms with van der Waals surface area (Å²) in [6.45, 7) is 4.26. The van der Waals surface area contributed by atoms with Gasteiger partial charge in [0.2, 0.25) is 0 Å². The van der Waals surface area contributed by atoms with Crippen molar-refractivity contribution in [3.8, 4) is 6.07 Å². The highest BCUT2D eigenvalue weighted by Gasteiger charge is 2.22. The second-order valence-electron chi connectivity index (χ2n) is 7.14. The minimum absolute atomic E-state index is 0.0547. The van der Waals surface area contributed by atoms with Gasteiger partial charge in [0.05, 0.1) is 29.4 Å². The number of benzene rings is 1. The van der Waals surface area contributed by atoms with Crippen molar-refractivity contribution >= 4 is 16.6 Å². The van der Waals surface area contributed by atoms with Gasteiger partial charge in [0.15, 0.2) is 0 Å². The molecule has 1 atom stereocenters. The Labute approximate surface area is 149 Å². The zero-order valence-electron chi connectivity index (χ0n) is 15.2. The lowest BCUT2D eigenvalue weighted by Crippen LogP contribution is -2.28. The van der Waals surface area contributed by atoms with Gasteiger partial charge in [-0.15, -0.1) is 0 Å². The summed E-state index contributed by atoms with van der Waals surface area (Å²) >= 11 is 0. The van der Waals surface area contributed by atoms with Gasteiger partial charge in [-0.05, 0) is 49.8 Å². The van der Waals surface area contributed by atoms with E-state index in [9.17, 15) is 10.4 Å². The quantitative estimate of drug-likeness (QED) is 0.840. The maximum absolute atomic E-state index is 9.81. The number of hydrogen-bond donors (Lipinski definition) is 2. The largest absolute Gasteiger partial charge is 0.392 e. The first-order valence-electron chi connectivity index (χ1n) is 9.40. The summed E-state index contributed by atoms with van der Waals surface area (Å²) in [6, 6.07) is 6.42. The van der Waals surface area contributed by atoms with E-state index >= 15 is 0 Å². The molecule has 132 valence electrons. The minimum Gasteiger partial charge on any atom is -0.392 e. The molecule has 1 aromatic heterocycles. The van der Waals surface area contributed by atoms with Crippen LogP contribution in [0.25, 0.3) is 10.9 Å². The Hall–Kier alpha value is -2.12. The second-order valence-corrected chi connectivity index (χ2v) is 7.14. The average molecular weight is 337 g/mol. The van der Waals surface area contributed by atoms with E-state index in [4.69, 9.17) is 0 Å². The summed E-state index contributed by atoms with van der Waals surface area (Å²) in [5, 5.41) is 23.8. The number of rotatable bonds is 5. The van der Waals surface area contributed by atoms with E-state index in [0.29, 0.717) is 17.5 Å². The monoisotopic (exact) mass is 337 g/mol. The first-order valence-corrected chi connectivity index (χ1v) is 9.40. The Bertz CT molecular complexity index is 788. The van der Waals surface area contributed by atoms with Gasteiger partial charge in [-0.2, -0.15) is 5.26 Å². The molecule has 1 aliphatic carbocycles. The van der Waals surface area contributed by atoms with E-state index in [0.717, 1.165) is 34.1 Å². The van der Waals surface area contributed by atoms with Crippen LogP contribution in [0.1, 0.15) is 62.6 Å². The number of aliphatic hydroxyl groups is 1. The zero-order valence-corrected chi connectivity index (χ0v) is 15.2. The topological polar surface area (TPSA) is 68.9 Å². The molecule has 25 heavy (non-hydrogen) atoms. The van der Waals surface area contributed by atoms with Crippen molar-refractivity contribution in [3.63, 3.8) is 0 Å².